The van der Waals surface area contributed by atoms with Crippen LogP contribution in [0, 0.1) is 6.92 Å². The highest BCUT2D eigenvalue weighted by molar-refractivity contribution is 7.16. The second-order valence-electron chi connectivity index (χ2n) is 7.76. The fraction of sp³-hybridized carbons (Fsp3) is 0.348. The number of hydrogen-bond donors (Lipinski definition) is 0. The van der Waals surface area contributed by atoms with E-state index in [4.69, 9.17) is 11.6 Å². The van der Waals surface area contributed by atoms with Gasteiger partial charge in [0.2, 0.25) is 5.91 Å². The number of fused-ring (bicyclic) bond motifs is 1. The largest absolute Gasteiger partial charge is 0.339 e. The zero-order chi connectivity index (χ0) is 22.1. The molecule has 31 heavy (non-hydrogen) atoms. The highest BCUT2D eigenvalue weighted by atomic mass is 35.5. The first-order valence-corrected chi connectivity index (χ1v) is 11.5. The van der Waals surface area contributed by atoms with Crippen LogP contribution < -0.4 is 4.87 Å². The summed E-state index contributed by atoms with van der Waals surface area (Å²) in [5.41, 5.74) is 2.55. The van der Waals surface area contributed by atoms with Gasteiger partial charge in [-0.15, -0.1) is 0 Å². The van der Waals surface area contributed by atoms with Crippen LogP contribution in [0.4, 0.5) is 0 Å². The maximum atomic E-state index is 12.9. The third-order valence-electron chi connectivity index (χ3n) is 5.78. The maximum absolute atomic E-state index is 12.9. The van der Waals surface area contributed by atoms with Crippen LogP contribution in [0.5, 0.6) is 0 Å². The van der Waals surface area contributed by atoms with Gasteiger partial charge in [-0.2, -0.15) is 0 Å². The van der Waals surface area contributed by atoms with Crippen molar-refractivity contribution in [1.29, 1.82) is 0 Å². The molecule has 0 atom stereocenters. The van der Waals surface area contributed by atoms with Gasteiger partial charge in [-0.1, -0.05) is 59.7 Å². The Kier molecular flexibility index (Phi) is 6.27. The number of amides is 1. The maximum Gasteiger partial charge on any atom is 0.308 e. The Bertz CT molecular complexity index is 1190. The molecule has 162 valence electrons. The van der Waals surface area contributed by atoms with Gasteiger partial charge in [-0.3, -0.25) is 19.0 Å². The van der Waals surface area contributed by atoms with Crippen LogP contribution in [-0.4, -0.2) is 58.8 Å². The molecule has 2 aromatic carbocycles. The predicted molar refractivity (Wildman–Crippen MR) is 124 cm³/mol. The van der Waals surface area contributed by atoms with Gasteiger partial charge in [0, 0.05) is 37.3 Å². The van der Waals surface area contributed by atoms with Crippen LogP contribution in [-0.2, 0) is 11.3 Å². The van der Waals surface area contributed by atoms with Crippen molar-refractivity contribution in [2.75, 3.05) is 32.7 Å². The summed E-state index contributed by atoms with van der Waals surface area (Å²) in [6.45, 7) is 8.04. The monoisotopic (exact) mass is 457 g/mol. The molecule has 6 nitrogen and oxygen atoms in total. The second-order valence-corrected chi connectivity index (χ2v) is 9.16. The van der Waals surface area contributed by atoms with E-state index in [1.165, 1.54) is 4.57 Å². The molecule has 1 amide bonds. The normalized spacial score (nSPS) is 14.9. The molecule has 0 unspecified atom stereocenters. The standard InChI is InChI=1S/C23H24ClN3O3S/c1-3-25-8-10-26(11-9-25)21(28)14-27-19-13-18(24)17(12-20(19)31-23(27)30)22(29)16-6-4-15(2)5-7-16/h4-7,12-13H,3,8-11,14H2,1-2H3. The van der Waals surface area contributed by atoms with E-state index in [-0.39, 0.29) is 28.1 Å². The summed E-state index contributed by atoms with van der Waals surface area (Å²) < 4.78 is 2.11. The van der Waals surface area contributed by atoms with E-state index in [0.29, 0.717) is 34.4 Å². The molecule has 8 heteroatoms. The molecule has 1 fully saturated rings. The molecule has 2 heterocycles. The van der Waals surface area contributed by atoms with Crippen LogP contribution >= 0.6 is 22.9 Å². The van der Waals surface area contributed by atoms with E-state index in [2.05, 4.69) is 11.8 Å². The number of ketones is 1. The number of piperazine rings is 1. The molecule has 4 rings (SSSR count). The lowest BCUT2D eigenvalue weighted by atomic mass is 10.0. The van der Waals surface area contributed by atoms with Crippen molar-refractivity contribution in [2.24, 2.45) is 0 Å². The predicted octanol–water partition coefficient (Wildman–Crippen LogP) is 3.42. The van der Waals surface area contributed by atoms with Gasteiger partial charge in [0.25, 0.3) is 0 Å². The van der Waals surface area contributed by atoms with Crippen molar-refractivity contribution in [3.8, 4) is 0 Å². The Morgan fingerprint density at radius 3 is 2.39 bits per heavy atom. The van der Waals surface area contributed by atoms with Gasteiger partial charge in [0.1, 0.15) is 6.54 Å². The van der Waals surface area contributed by atoms with Gasteiger partial charge in [-0.25, -0.2) is 0 Å². The van der Waals surface area contributed by atoms with Gasteiger partial charge in [-0.05, 0) is 25.6 Å². The van der Waals surface area contributed by atoms with Gasteiger partial charge in [0.15, 0.2) is 5.78 Å². The molecule has 0 radical (unpaired) electrons. The van der Waals surface area contributed by atoms with E-state index in [0.717, 1.165) is 36.5 Å². The van der Waals surface area contributed by atoms with E-state index in [9.17, 15) is 14.4 Å². The van der Waals surface area contributed by atoms with Crippen molar-refractivity contribution in [1.82, 2.24) is 14.4 Å². The third-order valence-corrected chi connectivity index (χ3v) is 7.04. The average molecular weight is 458 g/mol. The number of thiazole rings is 1. The number of carbonyl (C=O) groups is 2. The van der Waals surface area contributed by atoms with Crippen LogP contribution in [0.15, 0.2) is 41.2 Å². The molecule has 1 aliphatic heterocycles. The number of nitrogens with zero attached hydrogens (tertiary/aromatic N) is 3. The number of hydrogen-bond acceptors (Lipinski definition) is 5. The minimum Gasteiger partial charge on any atom is -0.339 e. The van der Waals surface area contributed by atoms with E-state index < -0.39 is 0 Å². The molecule has 0 saturated carbocycles. The fourth-order valence-corrected chi connectivity index (χ4v) is 4.97. The number of carbonyl (C=O) groups excluding carboxylic acids is 2. The molecule has 3 aromatic rings. The van der Waals surface area contributed by atoms with Crippen molar-refractivity contribution < 1.29 is 9.59 Å². The van der Waals surface area contributed by atoms with Crippen molar-refractivity contribution in [3.63, 3.8) is 0 Å². The number of likely N-dealkylation sites (N-methyl/N-ethyl adjacent to an activating group) is 1. The summed E-state index contributed by atoms with van der Waals surface area (Å²) >= 11 is 7.47. The second kappa shape index (κ2) is 8.94. The lowest BCUT2D eigenvalue weighted by Gasteiger charge is -2.34. The summed E-state index contributed by atoms with van der Waals surface area (Å²) in [5.74, 6) is -0.266. The van der Waals surface area contributed by atoms with Gasteiger partial charge < -0.3 is 9.80 Å². The molecule has 0 N–H and O–H groups in total. The average Bonchev–Trinajstić information content (AvgIpc) is 3.07. The Morgan fingerprint density at radius 2 is 1.74 bits per heavy atom. The van der Waals surface area contributed by atoms with Crippen molar-refractivity contribution in [3.05, 3.63) is 67.8 Å². The Hall–Kier alpha value is -2.48. The van der Waals surface area contributed by atoms with Crippen LogP contribution in [0.25, 0.3) is 10.2 Å². The minimum atomic E-state index is -0.230. The summed E-state index contributed by atoms with van der Waals surface area (Å²) in [6, 6.07) is 10.6. The molecular formula is C23H24ClN3O3S. The smallest absolute Gasteiger partial charge is 0.308 e. The molecular weight excluding hydrogens is 434 g/mol. The quantitative estimate of drug-likeness (QED) is 0.551. The molecule has 1 saturated heterocycles. The fourth-order valence-electron chi connectivity index (χ4n) is 3.82. The first-order chi connectivity index (χ1) is 14.9. The molecule has 0 bridgehead atoms. The first kappa shape index (κ1) is 21.7. The van der Waals surface area contributed by atoms with Crippen molar-refractivity contribution in [2.45, 2.75) is 20.4 Å². The highest BCUT2D eigenvalue weighted by Crippen LogP contribution is 2.28. The zero-order valence-corrected chi connectivity index (χ0v) is 19.1. The topological polar surface area (TPSA) is 62.6 Å². The number of halogens is 1. The Labute approximate surface area is 189 Å². The van der Waals surface area contributed by atoms with Crippen LogP contribution in [0.3, 0.4) is 0 Å². The summed E-state index contributed by atoms with van der Waals surface area (Å²) in [6.07, 6.45) is 0. The third kappa shape index (κ3) is 4.44. The molecule has 0 spiro atoms. The number of rotatable bonds is 5. The number of aryl methyl sites for hydroxylation is 1. The van der Waals surface area contributed by atoms with E-state index in [1.54, 1.807) is 29.2 Å². The summed E-state index contributed by atoms with van der Waals surface area (Å²) in [4.78, 5) is 42.2. The van der Waals surface area contributed by atoms with E-state index >= 15 is 0 Å². The number of aromatic nitrogens is 1. The lowest BCUT2D eigenvalue weighted by molar-refractivity contribution is -0.133. The summed E-state index contributed by atoms with van der Waals surface area (Å²) in [5, 5.41) is 0.272. The molecule has 1 aromatic heterocycles. The van der Waals surface area contributed by atoms with Crippen molar-refractivity contribution >= 4 is 44.8 Å². The molecule has 0 aliphatic carbocycles. The first-order valence-electron chi connectivity index (χ1n) is 10.3. The van der Waals surface area contributed by atoms with Crippen LogP contribution in [0.1, 0.15) is 28.4 Å². The van der Waals surface area contributed by atoms with Gasteiger partial charge in [0.05, 0.1) is 15.2 Å². The SMILES string of the molecule is CCN1CCN(C(=O)Cn2c(=O)sc3cc(C(=O)c4ccc(C)cc4)c(Cl)cc32)CC1. The van der Waals surface area contributed by atoms with E-state index in [1.807, 2.05) is 19.1 Å². The zero-order valence-electron chi connectivity index (χ0n) is 17.6. The van der Waals surface area contributed by atoms with Gasteiger partial charge >= 0.3 is 4.87 Å². The molecule has 1 aliphatic rings. The Morgan fingerprint density at radius 1 is 1.06 bits per heavy atom. The van der Waals surface area contributed by atoms with Crippen LogP contribution in [0.2, 0.25) is 5.02 Å². The Balaban J connectivity index is 1.60. The highest BCUT2D eigenvalue weighted by Gasteiger charge is 2.23. The lowest BCUT2D eigenvalue weighted by Crippen LogP contribution is -2.49. The minimum absolute atomic E-state index is 0.0213. The number of benzene rings is 2. The summed E-state index contributed by atoms with van der Waals surface area (Å²) in [7, 11) is 0.